The molecule has 2 rings (SSSR count). The molecule has 4 nitrogen and oxygen atoms in total. The number of rotatable bonds is 4. The lowest BCUT2D eigenvalue weighted by Crippen LogP contribution is -2.19. The van der Waals surface area contributed by atoms with Crippen molar-refractivity contribution in [2.45, 2.75) is 20.4 Å². The van der Waals surface area contributed by atoms with Gasteiger partial charge in [0.15, 0.2) is 4.80 Å². The van der Waals surface area contributed by atoms with Gasteiger partial charge in [-0.05, 0) is 40.0 Å². The number of amides is 1. The van der Waals surface area contributed by atoms with Crippen molar-refractivity contribution in [2.24, 2.45) is 10.9 Å². The van der Waals surface area contributed by atoms with E-state index < -0.39 is 0 Å². The van der Waals surface area contributed by atoms with Gasteiger partial charge in [0.05, 0.1) is 16.5 Å². The molecular weight excluding hydrogens is 388 g/mol. The minimum atomic E-state index is -0.369. The molecule has 0 fully saturated rings. The number of halogens is 2. The van der Waals surface area contributed by atoms with E-state index in [4.69, 9.17) is 16.3 Å². The van der Waals surface area contributed by atoms with Crippen LogP contribution in [0.1, 0.15) is 24.2 Å². The number of hydrogen-bond donors (Lipinski definition) is 0. The molecule has 2 aromatic rings. The lowest BCUT2D eigenvalue weighted by Gasteiger charge is -2.07. The van der Waals surface area contributed by atoms with Gasteiger partial charge in [-0.1, -0.05) is 36.8 Å². The maximum atomic E-state index is 12.5. The maximum absolute atomic E-state index is 12.5. The third-order valence-electron chi connectivity index (χ3n) is 2.84. The summed E-state index contributed by atoms with van der Waals surface area (Å²) in [5.74, 6) is 0.548. The van der Waals surface area contributed by atoms with Crippen LogP contribution >= 0.6 is 38.9 Å². The van der Waals surface area contributed by atoms with Crippen molar-refractivity contribution in [3.8, 4) is 5.75 Å². The van der Waals surface area contributed by atoms with Gasteiger partial charge in [-0.3, -0.25) is 4.79 Å². The van der Waals surface area contributed by atoms with Gasteiger partial charge in [0.25, 0.3) is 5.91 Å². The molecule has 0 radical (unpaired) electrons. The highest BCUT2D eigenvalue weighted by atomic mass is 79.9. The van der Waals surface area contributed by atoms with Crippen LogP contribution in [-0.2, 0) is 6.54 Å². The molecule has 1 heterocycles. The van der Waals surface area contributed by atoms with E-state index in [0.717, 1.165) is 10.3 Å². The largest absolute Gasteiger partial charge is 0.496 e. The Hall–Kier alpha value is -1.11. The summed E-state index contributed by atoms with van der Waals surface area (Å²) < 4.78 is 8.10. The molecule has 0 saturated heterocycles. The van der Waals surface area contributed by atoms with Crippen molar-refractivity contribution in [2.75, 3.05) is 7.11 Å². The van der Waals surface area contributed by atoms with Crippen LogP contribution in [0.3, 0.4) is 0 Å². The van der Waals surface area contributed by atoms with Crippen molar-refractivity contribution in [3.05, 3.63) is 43.6 Å². The molecule has 0 saturated carbocycles. The van der Waals surface area contributed by atoms with E-state index >= 15 is 0 Å². The Labute approximate surface area is 146 Å². The van der Waals surface area contributed by atoms with Crippen LogP contribution in [0.25, 0.3) is 0 Å². The summed E-state index contributed by atoms with van der Waals surface area (Å²) in [7, 11) is 1.51. The summed E-state index contributed by atoms with van der Waals surface area (Å²) in [6.45, 7) is 5.02. The quantitative estimate of drug-likeness (QED) is 0.761. The SMILES string of the molecule is COc1ccc(Cl)cc1C(=O)N=c1sc(Br)cn1CC(C)C. The minimum absolute atomic E-state index is 0.357. The number of hydrogen-bond acceptors (Lipinski definition) is 3. The fraction of sp³-hybridized carbons (Fsp3) is 0.333. The number of thiazole rings is 1. The summed E-state index contributed by atoms with van der Waals surface area (Å²) in [4.78, 5) is 17.3. The summed E-state index contributed by atoms with van der Waals surface area (Å²) >= 11 is 10.8. The van der Waals surface area contributed by atoms with E-state index in [1.54, 1.807) is 18.2 Å². The molecule has 1 aromatic heterocycles. The van der Waals surface area contributed by atoms with Crippen molar-refractivity contribution in [1.29, 1.82) is 0 Å². The van der Waals surface area contributed by atoms with Gasteiger partial charge in [-0.25, -0.2) is 0 Å². The van der Waals surface area contributed by atoms with Gasteiger partial charge in [0, 0.05) is 17.8 Å². The third-order valence-corrected chi connectivity index (χ3v) is 4.58. The fourth-order valence-electron chi connectivity index (χ4n) is 1.96. The average molecular weight is 404 g/mol. The van der Waals surface area contributed by atoms with Crippen LogP contribution in [0.2, 0.25) is 5.02 Å². The molecule has 1 aromatic carbocycles. The Morgan fingerprint density at radius 3 is 2.86 bits per heavy atom. The number of carbonyl (C=O) groups is 1. The molecule has 0 bridgehead atoms. The Bertz CT molecular complexity index is 752. The first-order valence-corrected chi connectivity index (χ1v) is 8.68. The predicted octanol–water partition coefficient (Wildman–Crippen LogP) is 4.37. The number of benzene rings is 1. The maximum Gasteiger partial charge on any atom is 0.283 e. The van der Waals surface area contributed by atoms with Gasteiger partial charge in [0.2, 0.25) is 0 Å². The van der Waals surface area contributed by atoms with Crippen LogP contribution in [0, 0.1) is 5.92 Å². The van der Waals surface area contributed by atoms with Crippen LogP contribution < -0.4 is 9.54 Å². The first-order chi connectivity index (χ1) is 10.4. The van der Waals surface area contributed by atoms with Crippen LogP contribution in [0.5, 0.6) is 5.75 Å². The second-order valence-electron chi connectivity index (χ2n) is 5.13. The molecule has 22 heavy (non-hydrogen) atoms. The van der Waals surface area contributed by atoms with E-state index in [2.05, 4.69) is 34.8 Å². The lowest BCUT2D eigenvalue weighted by molar-refractivity contribution is 0.0994. The predicted molar refractivity (Wildman–Crippen MR) is 92.7 cm³/mol. The molecule has 0 unspecified atom stereocenters. The van der Waals surface area contributed by atoms with Crippen LogP contribution in [0.15, 0.2) is 33.2 Å². The third kappa shape index (κ3) is 4.21. The van der Waals surface area contributed by atoms with Crippen LogP contribution in [0.4, 0.5) is 0 Å². The fourth-order valence-corrected chi connectivity index (χ4v) is 3.54. The smallest absolute Gasteiger partial charge is 0.283 e. The summed E-state index contributed by atoms with van der Waals surface area (Å²) in [5.41, 5.74) is 0.357. The number of methoxy groups -OCH3 is 1. The summed E-state index contributed by atoms with van der Waals surface area (Å²) in [5, 5.41) is 0.474. The zero-order chi connectivity index (χ0) is 16.3. The number of ether oxygens (including phenoxy) is 1. The van der Waals surface area contributed by atoms with Crippen molar-refractivity contribution in [1.82, 2.24) is 4.57 Å². The van der Waals surface area contributed by atoms with Gasteiger partial charge in [0.1, 0.15) is 5.75 Å². The number of aromatic nitrogens is 1. The van der Waals surface area contributed by atoms with E-state index in [1.807, 2.05) is 10.8 Å². The average Bonchev–Trinajstić information content (AvgIpc) is 2.77. The first-order valence-electron chi connectivity index (χ1n) is 6.69. The highest BCUT2D eigenvalue weighted by Gasteiger charge is 2.13. The number of carbonyl (C=O) groups excluding carboxylic acids is 1. The topological polar surface area (TPSA) is 43.6 Å². The molecule has 118 valence electrons. The lowest BCUT2D eigenvalue weighted by atomic mass is 10.2. The Balaban J connectivity index is 2.45. The molecule has 0 N–H and O–H groups in total. The first kappa shape index (κ1) is 17.2. The monoisotopic (exact) mass is 402 g/mol. The van der Waals surface area contributed by atoms with Gasteiger partial charge >= 0.3 is 0 Å². The highest BCUT2D eigenvalue weighted by molar-refractivity contribution is 9.11. The highest BCUT2D eigenvalue weighted by Crippen LogP contribution is 2.23. The number of nitrogens with zero attached hydrogens (tertiary/aromatic N) is 2. The molecule has 0 spiro atoms. The normalized spacial score (nSPS) is 12.0. The van der Waals surface area contributed by atoms with Gasteiger partial charge < -0.3 is 9.30 Å². The second-order valence-corrected chi connectivity index (χ2v) is 7.95. The molecule has 1 amide bonds. The molecule has 0 aliphatic heterocycles. The zero-order valence-electron chi connectivity index (χ0n) is 12.5. The second kappa shape index (κ2) is 7.44. The zero-order valence-corrected chi connectivity index (χ0v) is 15.6. The van der Waals surface area contributed by atoms with Gasteiger partial charge in [-0.15, -0.1) is 0 Å². The minimum Gasteiger partial charge on any atom is -0.496 e. The molecular formula is C15H16BrClN2O2S. The van der Waals surface area contributed by atoms with E-state index in [-0.39, 0.29) is 5.91 Å². The molecule has 0 aliphatic carbocycles. The van der Waals surface area contributed by atoms with Gasteiger partial charge in [-0.2, -0.15) is 4.99 Å². The van der Waals surface area contributed by atoms with Crippen molar-refractivity contribution >= 4 is 44.8 Å². The molecule has 0 aliphatic rings. The van der Waals surface area contributed by atoms with E-state index in [0.29, 0.717) is 27.1 Å². The Morgan fingerprint density at radius 1 is 1.50 bits per heavy atom. The van der Waals surface area contributed by atoms with E-state index in [1.165, 1.54) is 18.4 Å². The standard InChI is InChI=1S/C15H16BrClN2O2S/c1-9(2)7-19-8-13(16)22-15(19)18-14(20)11-6-10(17)4-5-12(11)21-3/h4-6,8-9H,7H2,1-3H3. The molecule has 7 heteroatoms. The van der Waals surface area contributed by atoms with E-state index in [9.17, 15) is 4.79 Å². The van der Waals surface area contributed by atoms with Crippen molar-refractivity contribution < 1.29 is 9.53 Å². The Morgan fingerprint density at radius 2 is 2.23 bits per heavy atom. The van der Waals surface area contributed by atoms with Crippen molar-refractivity contribution in [3.63, 3.8) is 0 Å². The molecule has 0 atom stereocenters. The Kier molecular flexibility index (Phi) is 5.83. The summed E-state index contributed by atoms with van der Waals surface area (Å²) in [6, 6.07) is 4.91. The summed E-state index contributed by atoms with van der Waals surface area (Å²) in [6.07, 6.45) is 1.94. The van der Waals surface area contributed by atoms with Crippen LogP contribution in [-0.4, -0.2) is 17.6 Å².